The number of ether oxygens (including phenoxy) is 1. The fourth-order valence-corrected chi connectivity index (χ4v) is 2.29. The molecule has 6 heteroatoms. The molecule has 6 nitrogen and oxygen atoms in total. The van der Waals surface area contributed by atoms with Gasteiger partial charge in [0.15, 0.2) is 0 Å². The van der Waals surface area contributed by atoms with Gasteiger partial charge in [-0.15, -0.1) is 0 Å². The van der Waals surface area contributed by atoms with Crippen LogP contribution >= 0.6 is 0 Å². The van der Waals surface area contributed by atoms with Crippen molar-refractivity contribution in [1.29, 1.82) is 0 Å². The lowest BCUT2D eigenvalue weighted by Crippen LogP contribution is -2.07. The van der Waals surface area contributed by atoms with Crippen molar-refractivity contribution in [2.24, 2.45) is 7.05 Å². The molecule has 0 amide bonds. The van der Waals surface area contributed by atoms with E-state index in [1.165, 1.54) is 6.08 Å². The Bertz CT molecular complexity index is 738. The van der Waals surface area contributed by atoms with Crippen LogP contribution in [0.2, 0.25) is 0 Å². The zero-order valence-electron chi connectivity index (χ0n) is 13.1. The van der Waals surface area contributed by atoms with Gasteiger partial charge in [0.05, 0.1) is 24.1 Å². The van der Waals surface area contributed by atoms with E-state index in [1.807, 2.05) is 7.05 Å². The Kier molecular flexibility index (Phi) is 4.60. The number of rotatable bonds is 5. The normalized spacial score (nSPS) is 11.1. The third-order valence-corrected chi connectivity index (χ3v) is 3.32. The van der Waals surface area contributed by atoms with Crippen molar-refractivity contribution in [3.05, 3.63) is 46.5 Å². The quantitative estimate of drug-likeness (QED) is 0.523. The molecule has 0 fully saturated rings. The summed E-state index contributed by atoms with van der Waals surface area (Å²) in [5, 5.41) is 4.03. The van der Waals surface area contributed by atoms with Gasteiger partial charge in [0.2, 0.25) is 5.78 Å². The molecule has 0 aliphatic heterocycles. The third kappa shape index (κ3) is 3.16. The lowest BCUT2D eigenvalue weighted by Gasteiger charge is -2.01. The summed E-state index contributed by atoms with van der Waals surface area (Å²) in [5.41, 5.74) is 2.91. The maximum Gasteiger partial charge on any atom is 0.340 e. The molecule has 0 saturated heterocycles. The number of hydrogen-bond donors (Lipinski definition) is 1. The predicted octanol–water partition coefficient (Wildman–Crippen LogP) is 2.44. The molecule has 2 aromatic heterocycles. The van der Waals surface area contributed by atoms with Gasteiger partial charge in [0.1, 0.15) is 0 Å². The van der Waals surface area contributed by atoms with Crippen molar-refractivity contribution in [3.8, 4) is 0 Å². The van der Waals surface area contributed by atoms with E-state index in [1.54, 1.807) is 43.9 Å². The number of aryl methyl sites for hydroxylation is 2. The Hall–Kier alpha value is -2.63. The number of hydrogen-bond acceptors (Lipinski definition) is 4. The number of esters is 1. The van der Waals surface area contributed by atoms with Gasteiger partial charge in [-0.05, 0) is 38.5 Å². The van der Waals surface area contributed by atoms with Gasteiger partial charge in [-0.25, -0.2) is 4.79 Å². The minimum atomic E-state index is -0.413. The first-order valence-electron chi connectivity index (χ1n) is 7.01. The van der Waals surface area contributed by atoms with E-state index in [-0.39, 0.29) is 5.78 Å². The molecule has 116 valence electrons. The number of carbonyl (C=O) groups excluding carboxylic acids is 2. The molecule has 0 spiro atoms. The third-order valence-electron chi connectivity index (χ3n) is 3.32. The highest BCUT2D eigenvalue weighted by atomic mass is 16.5. The summed E-state index contributed by atoms with van der Waals surface area (Å²) >= 11 is 0. The van der Waals surface area contributed by atoms with Crippen LogP contribution in [0.25, 0.3) is 6.08 Å². The van der Waals surface area contributed by atoms with Crippen LogP contribution in [-0.4, -0.2) is 33.1 Å². The van der Waals surface area contributed by atoms with Crippen LogP contribution in [0.1, 0.15) is 44.6 Å². The summed E-state index contributed by atoms with van der Waals surface area (Å²) in [6.07, 6.45) is 6.63. The van der Waals surface area contributed by atoms with Crippen molar-refractivity contribution in [2.45, 2.75) is 20.8 Å². The Morgan fingerprint density at radius 2 is 2.14 bits per heavy atom. The highest BCUT2D eigenvalue weighted by molar-refractivity contribution is 6.08. The summed E-state index contributed by atoms with van der Waals surface area (Å²) in [7, 11) is 1.81. The van der Waals surface area contributed by atoms with Crippen molar-refractivity contribution in [1.82, 2.24) is 14.8 Å². The monoisotopic (exact) mass is 301 g/mol. The number of ketones is 1. The minimum Gasteiger partial charge on any atom is -0.462 e. The van der Waals surface area contributed by atoms with Gasteiger partial charge in [0, 0.05) is 24.5 Å². The number of carbonyl (C=O) groups is 2. The molecule has 0 aliphatic carbocycles. The van der Waals surface area contributed by atoms with Gasteiger partial charge >= 0.3 is 5.97 Å². The van der Waals surface area contributed by atoms with E-state index >= 15 is 0 Å². The summed E-state index contributed by atoms with van der Waals surface area (Å²) < 4.78 is 6.68. The van der Waals surface area contributed by atoms with Crippen LogP contribution < -0.4 is 0 Å². The molecule has 0 aliphatic rings. The highest BCUT2D eigenvalue weighted by Crippen LogP contribution is 2.20. The van der Waals surface area contributed by atoms with Gasteiger partial charge in [-0.1, -0.05) is 0 Å². The molecule has 0 saturated carbocycles. The second-order valence-electron chi connectivity index (χ2n) is 4.99. The van der Waals surface area contributed by atoms with Crippen LogP contribution in [0.15, 0.2) is 18.5 Å². The zero-order valence-corrected chi connectivity index (χ0v) is 13.1. The van der Waals surface area contributed by atoms with Crippen LogP contribution in [0.3, 0.4) is 0 Å². The standard InChI is InChI=1S/C16H19N3O3/c1-5-22-16(21)14-10(2)15(18-11(14)3)13(20)7-6-12-8-17-19(4)9-12/h6-9,18H,5H2,1-4H3/b7-6+. The van der Waals surface area contributed by atoms with E-state index in [9.17, 15) is 9.59 Å². The molecule has 2 heterocycles. The number of allylic oxidation sites excluding steroid dienone is 1. The van der Waals surface area contributed by atoms with Crippen LogP contribution in [0, 0.1) is 13.8 Å². The number of aromatic amines is 1. The van der Waals surface area contributed by atoms with Crippen molar-refractivity contribution >= 4 is 17.8 Å². The average molecular weight is 301 g/mol. The van der Waals surface area contributed by atoms with E-state index in [4.69, 9.17) is 4.74 Å². The summed E-state index contributed by atoms with van der Waals surface area (Å²) in [4.78, 5) is 27.2. The van der Waals surface area contributed by atoms with Crippen molar-refractivity contribution < 1.29 is 14.3 Å². The van der Waals surface area contributed by atoms with Gasteiger partial charge in [0.25, 0.3) is 0 Å². The molecule has 0 atom stereocenters. The molecule has 1 N–H and O–H groups in total. The van der Waals surface area contributed by atoms with Crippen LogP contribution in [0.4, 0.5) is 0 Å². The van der Waals surface area contributed by atoms with E-state index in [0.29, 0.717) is 29.1 Å². The predicted molar refractivity (Wildman–Crippen MR) is 82.8 cm³/mol. The number of nitrogens with one attached hydrogen (secondary N) is 1. The summed E-state index contributed by atoms with van der Waals surface area (Å²) in [5.74, 6) is -0.607. The zero-order chi connectivity index (χ0) is 16.3. The first-order valence-corrected chi connectivity index (χ1v) is 7.01. The molecular formula is C16H19N3O3. The Morgan fingerprint density at radius 1 is 1.41 bits per heavy atom. The average Bonchev–Trinajstić information content (AvgIpc) is 3.00. The van der Waals surface area contributed by atoms with Gasteiger partial charge < -0.3 is 9.72 Å². The number of aromatic nitrogens is 3. The van der Waals surface area contributed by atoms with Crippen molar-refractivity contribution in [3.63, 3.8) is 0 Å². The Morgan fingerprint density at radius 3 is 2.73 bits per heavy atom. The molecule has 0 radical (unpaired) electrons. The van der Waals surface area contributed by atoms with Crippen LogP contribution in [0.5, 0.6) is 0 Å². The smallest absolute Gasteiger partial charge is 0.340 e. The Balaban J connectivity index is 2.25. The molecular weight excluding hydrogens is 282 g/mol. The van der Waals surface area contributed by atoms with Gasteiger partial charge in [-0.2, -0.15) is 5.10 Å². The lowest BCUT2D eigenvalue weighted by molar-refractivity contribution is 0.0525. The Labute approximate surface area is 128 Å². The summed E-state index contributed by atoms with van der Waals surface area (Å²) in [6, 6.07) is 0. The number of H-pyrrole nitrogens is 1. The van der Waals surface area contributed by atoms with E-state index in [2.05, 4.69) is 10.1 Å². The molecule has 22 heavy (non-hydrogen) atoms. The maximum atomic E-state index is 12.3. The first-order chi connectivity index (χ1) is 10.4. The molecule has 0 bridgehead atoms. The molecule has 0 unspecified atom stereocenters. The SMILES string of the molecule is CCOC(=O)c1c(C)[nH]c(C(=O)/C=C/c2cnn(C)c2)c1C. The minimum absolute atomic E-state index is 0.194. The topological polar surface area (TPSA) is 77.0 Å². The maximum absolute atomic E-state index is 12.3. The molecule has 2 rings (SSSR count). The second-order valence-corrected chi connectivity index (χ2v) is 4.99. The van der Waals surface area contributed by atoms with E-state index in [0.717, 1.165) is 5.56 Å². The lowest BCUT2D eigenvalue weighted by atomic mass is 10.1. The molecule has 0 aromatic carbocycles. The van der Waals surface area contributed by atoms with Crippen LogP contribution in [-0.2, 0) is 11.8 Å². The largest absolute Gasteiger partial charge is 0.462 e. The fourth-order valence-electron chi connectivity index (χ4n) is 2.29. The second kappa shape index (κ2) is 6.43. The van der Waals surface area contributed by atoms with Crippen molar-refractivity contribution in [2.75, 3.05) is 6.61 Å². The highest BCUT2D eigenvalue weighted by Gasteiger charge is 2.21. The molecule has 2 aromatic rings. The van der Waals surface area contributed by atoms with E-state index < -0.39 is 5.97 Å². The first kappa shape index (κ1) is 15.8. The number of nitrogens with zero attached hydrogens (tertiary/aromatic N) is 2. The van der Waals surface area contributed by atoms with Gasteiger partial charge in [-0.3, -0.25) is 9.48 Å². The fraction of sp³-hybridized carbons (Fsp3) is 0.312. The summed E-state index contributed by atoms with van der Waals surface area (Å²) in [6.45, 7) is 5.53.